The quantitative estimate of drug-likeness (QED) is 0.644. The first kappa shape index (κ1) is 16.6. The van der Waals surface area contributed by atoms with Crippen molar-refractivity contribution in [2.45, 2.75) is 20.3 Å². The molecule has 114 valence electrons. The van der Waals surface area contributed by atoms with Crippen molar-refractivity contribution in [2.75, 3.05) is 44.3 Å². The van der Waals surface area contributed by atoms with Crippen LogP contribution in [0.5, 0.6) is 5.75 Å². The van der Waals surface area contributed by atoms with Gasteiger partial charge in [0.05, 0.1) is 7.11 Å². The Morgan fingerprint density at radius 2 is 2.10 bits per heavy atom. The maximum atomic E-state index is 11.3. The van der Waals surface area contributed by atoms with Crippen LogP contribution in [0.1, 0.15) is 29.9 Å². The van der Waals surface area contributed by atoms with Crippen LogP contribution >= 0.6 is 11.3 Å². The second-order valence-corrected chi connectivity index (χ2v) is 5.45. The predicted molar refractivity (Wildman–Crippen MR) is 84.7 cm³/mol. The summed E-state index contributed by atoms with van der Waals surface area (Å²) in [5.74, 6) is -0.0256. The molecule has 7 heteroatoms. The standard InChI is InChI=1S/C13H24N4O2S/c1-4-7-17(5-2)8-6-16-13-10(19-3)9(14)11(20-13)12(15)18/h16H,4-8,14H2,1-3H3,(H2,15,18). The molecule has 0 radical (unpaired) electrons. The van der Waals surface area contributed by atoms with Crippen LogP contribution in [0.2, 0.25) is 0 Å². The molecule has 0 fully saturated rings. The summed E-state index contributed by atoms with van der Waals surface area (Å²) in [6.45, 7) is 8.10. The first-order chi connectivity index (χ1) is 9.54. The zero-order valence-electron chi connectivity index (χ0n) is 12.4. The summed E-state index contributed by atoms with van der Waals surface area (Å²) in [5.41, 5.74) is 11.5. The number of nitrogens with two attached hydrogens (primary N) is 2. The molecule has 1 rings (SSSR count). The maximum absolute atomic E-state index is 11.3. The van der Waals surface area contributed by atoms with Gasteiger partial charge in [-0.25, -0.2) is 0 Å². The largest absolute Gasteiger partial charge is 0.492 e. The van der Waals surface area contributed by atoms with Crippen LogP contribution in [0, 0.1) is 0 Å². The Kier molecular flexibility index (Phi) is 6.60. The highest BCUT2D eigenvalue weighted by Gasteiger charge is 2.19. The zero-order chi connectivity index (χ0) is 15.1. The monoisotopic (exact) mass is 300 g/mol. The smallest absolute Gasteiger partial charge is 0.261 e. The molecule has 0 saturated heterocycles. The van der Waals surface area contributed by atoms with Gasteiger partial charge in [-0.1, -0.05) is 13.8 Å². The normalized spacial score (nSPS) is 10.8. The van der Waals surface area contributed by atoms with Gasteiger partial charge in [-0.2, -0.15) is 0 Å². The summed E-state index contributed by atoms with van der Waals surface area (Å²) in [4.78, 5) is 14.0. The van der Waals surface area contributed by atoms with Crippen LogP contribution in [0.3, 0.4) is 0 Å². The molecule has 5 N–H and O–H groups in total. The van der Waals surface area contributed by atoms with Crippen LogP contribution in [-0.4, -0.2) is 44.1 Å². The Morgan fingerprint density at radius 3 is 2.60 bits per heavy atom. The number of amides is 1. The number of nitrogen functional groups attached to an aromatic ring is 1. The van der Waals surface area contributed by atoms with Gasteiger partial charge in [0, 0.05) is 13.1 Å². The van der Waals surface area contributed by atoms with Gasteiger partial charge in [-0.15, -0.1) is 11.3 Å². The van der Waals surface area contributed by atoms with Crippen molar-refractivity contribution in [3.63, 3.8) is 0 Å². The highest BCUT2D eigenvalue weighted by Crippen LogP contribution is 2.41. The molecule has 0 aliphatic carbocycles. The lowest BCUT2D eigenvalue weighted by atomic mass is 10.3. The number of methoxy groups -OCH3 is 1. The molecule has 0 aliphatic heterocycles. The zero-order valence-corrected chi connectivity index (χ0v) is 13.2. The minimum atomic E-state index is -0.528. The van der Waals surface area contributed by atoms with Gasteiger partial charge in [-0.05, 0) is 19.5 Å². The lowest BCUT2D eigenvalue weighted by molar-refractivity contribution is 0.100. The summed E-state index contributed by atoms with van der Waals surface area (Å²) in [6, 6.07) is 0. The number of ether oxygens (including phenoxy) is 1. The number of thiophene rings is 1. The van der Waals surface area contributed by atoms with Crippen molar-refractivity contribution in [3.8, 4) is 5.75 Å². The molecule has 1 amide bonds. The highest BCUT2D eigenvalue weighted by atomic mass is 32.1. The molecule has 1 aromatic rings. The fourth-order valence-electron chi connectivity index (χ4n) is 2.00. The first-order valence-corrected chi connectivity index (χ1v) is 7.59. The molecule has 0 atom stereocenters. The molecular formula is C13H24N4O2S. The van der Waals surface area contributed by atoms with E-state index >= 15 is 0 Å². The number of nitrogens with zero attached hydrogens (tertiary/aromatic N) is 1. The van der Waals surface area contributed by atoms with Gasteiger partial charge >= 0.3 is 0 Å². The number of hydrogen-bond donors (Lipinski definition) is 3. The summed E-state index contributed by atoms with van der Waals surface area (Å²) >= 11 is 1.24. The number of nitrogens with one attached hydrogen (secondary N) is 1. The summed E-state index contributed by atoms with van der Waals surface area (Å²) in [6.07, 6.45) is 1.13. The number of hydrogen-bond acceptors (Lipinski definition) is 6. The molecule has 0 saturated carbocycles. The summed E-state index contributed by atoms with van der Waals surface area (Å²) < 4.78 is 5.24. The maximum Gasteiger partial charge on any atom is 0.261 e. The Balaban J connectivity index is 2.68. The Hall–Kier alpha value is -1.47. The summed E-state index contributed by atoms with van der Waals surface area (Å²) in [5, 5.41) is 4.02. The van der Waals surface area contributed by atoms with Crippen molar-refractivity contribution >= 4 is 27.9 Å². The third-order valence-electron chi connectivity index (χ3n) is 3.03. The molecule has 1 heterocycles. The molecule has 0 aliphatic rings. The van der Waals surface area contributed by atoms with Crippen molar-refractivity contribution < 1.29 is 9.53 Å². The molecule has 0 aromatic carbocycles. The SMILES string of the molecule is CCCN(CC)CCNc1sc(C(N)=O)c(N)c1OC. The third kappa shape index (κ3) is 4.01. The second kappa shape index (κ2) is 7.96. The first-order valence-electron chi connectivity index (χ1n) is 6.77. The van der Waals surface area contributed by atoms with E-state index in [1.807, 2.05) is 0 Å². The molecule has 0 bridgehead atoms. The van der Waals surface area contributed by atoms with E-state index in [1.165, 1.54) is 18.4 Å². The van der Waals surface area contributed by atoms with Crippen molar-refractivity contribution in [1.82, 2.24) is 4.90 Å². The van der Waals surface area contributed by atoms with Gasteiger partial charge < -0.3 is 26.4 Å². The average Bonchev–Trinajstić information content (AvgIpc) is 2.74. The van der Waals surface area contributed by atoms with Crippen LogP contribution in [0.4, 0.5) is 10.7 Å². The van der Waals surface area contributed by atoms with E-state index in [1.54, 1.807) is 0 Å². The van der Waals surface area contributed by atoms with E-state index in [4.69, 9.17) is 16.2 Å². The molecular weight excluding hydrogens is 276 g/mol. The van der Waals surface area contributed by atoms with Gasteiger partial charge in [0.15, 0.2) is 5.75 Å². The molecule has 0 unspecified atom stereocenters. The van der Waals surface area contributed by atoms with E-state index < -0.39 is 5.91 Å². The third-order valence-corrected chi connectivity index (χ3v) is 4.19. The van der Waals surface area contributed by atoms with E-state index in [9.17, 15) is 4.79 Å². The minimum absolute atomic E-state index is 0.313. The Labute approximate surface area is 124 Å². The van der Waals surface area contributed by atoms with Crippen molar-refractivity contribution in [2.24, 2.45) is 5.73 Å². The number of rotatable bonds is 9. The van der Waals surface area contributed by atoms with Crippen LogP contribution in [0.25, 0.3) is 0 Å². The average molecular weight is 300 g/mol. The number of anilines is 2. The molecule has 0 spiro atoms. The van der Waals surface area contributed by atoms with Crippen LogP contribution in [-0.2, 0) is 0 Å². The fourth-order valence-corrected chi connectivity index (χ4v) is 2.97. The van der Waals surface area contributed by atoms with E-state index in [-0.39, 0.29) is 0 Å². The fraction of sp³-hybridized carbons (Fsp3) is 0.615. The van der Waals surface area contributed by atoms with Crippen LogP contribution in [0.15, 0.2) is 0 Å². The molecule has 6 nitrogen and oxygen atoms in total. The topological polar surface area (TPSA) is 93.6 Å². The van der Waals surface area contributed by atoms with Crippen LogP contribution < -0.4 is 21.5 Å². The Morgan fingerprint density at radius 1 is 1.40 bits per heavy atom. The van der Waals surface area contributed by atoms with Gasteiger partial charge in [0.1, 0.15) is 15.6 Å². The number of carbonyl (C=O) groups is 1. The van der Waals surface area contributed by atoms with Crippen molar-refractivity contribution in [3.05, 3.63) is 4.88 Å². The number of carbonyl (C=O) groups excluding carboxylic acids is 1. The molecule has 1 aromatic heterocycles. The van der Waals surface area contributed by atoms with Gasteiger partial charge in [-0.3, -0.25) is 4.79 Å². The Bertz CT molecular complexity index is 448. The van der Waals surface area contributed by atoms with Gasteiger partial charge in [0.2, 0.25) is 0 Å². The van der Waals surface area contributed by atoms with Crippen molar-refractivity contribution in [1.29, 1.82) is 0 Å². The van der Waals surface area contributed by atoms with Gasteiger partial charge in [0.25, 0.3) is 5.91 Å². The second-order valence-electron chi connectivity index (χ2n) is 4.43. The van der Waals surface area contributed by atoms with E-state index in [0.29, 0.717) is 16.3 Å². The summed E-state index contributed by atoms with van der Waals surface area (Å²) in [7, 11) is 1.53. The lowest BCUT2D eigenvalue weighted by Crippen LogP contribution is -2.29. The number of likely N-dealkylation sites (N-methyl/N-ethyl adjacent to an activating group) is 1. The minimum Gasteiger partial charge on any atom is -0.492 e. The highest BCUT2D eigenvalue weighted by molar-refractivity contribution is 7.19. The predicted octanol–water partition coefficient (Wildman–Crippen LogP) is 1.58. The van der Waals surface area contributed by atoms with E-state index in [2.05, 4.69) is 24.1 Å². The molecule has 20 heavy (non-hydrogen) atoms. The number of primary amides is 1. The lowest BCUT2D eigenvalue weighted by Gasteiger charge is -2.19. The van der Waals surface area contributed by atoms with E-state index in [0.717, 1.165) is 37.6 Å².